The second-order valence-electron chi connectivity index (χ2n) is 8.49. The number of hydrogen-bond donors (Lipinski definition) is 3. The van der Waals surface area contributed by atoms with Gasteiger partial charge in [0.2, 0.25) is 0 Å². The number of aromatic nitrogens is 5. The molecule has 6 heteroatoms. The number of aromatic amines is 2. The number of nitrogens with zero attached hydrogens (tertiary/aromatic N) is 3. The summed E-state index contributed by atoms with van der Waals surface area (Å²) in [6, 6.07) is 12.8. The number of benzene rings is 1. The molecule has 0 saturated heterocycles. The molecule has 1 aromatic carbocycles. The Bertz CT molecular complexity index is 1610. The number of pyridine rings is 2. The molecule has 0 amide bonds. The minimum absolute atomic E-state index is 0.681. The average molecular weight is 445 g/mol. The predicted octanol–water partition coefficient (Wildman–Crippen LogP) is 6.85. The van der Waals surface area contributed by atoms with E-state index >= 15 is 0 Å². The molecule has 0 atom stereocenters. The van der Waals surface area contributed by atoms with Crippen molar-refractivity contribution in [3.05, 3.63) is 91.1 Å². The summed E-state index contributed by atoms with van der Waals surface area (Å²) in [6.07, 6.45) is 14.0. The van der Waals surface area contributed by atoms with Gasteiger partial charge in [-0.3, -0.25) is 10.1 Å². The minimum atomic E-state index is 0.681. The van der Waals surface area contributed by atoms with E-state index in [0.717, 1.165) is 57.6 Å². The zero-order valence-corrected chi connectivity index (χ0v) is 18.9. The molecule has 0 radical (unpaired) electrons. The normalized spacial score (nSPS) is 13.0. The lowest BCUT2D eigenvalue weighted by Gasteiger charge is -2.09. The number of anilines is 1. The summed E-state index contributed by atoms with van der Waals surface area (Å²) >= 11 is 0. The molecule has 166 valence electrons. The highest BCUT2D eigenvalue weighted by Crippen LogP contribution is 2.34. The van der Waals surface area contributed by atoms with E-state index in [1.807, 2.05) is 12.4 Å². The highest BCUT2D eigenvalue weighted by atomic mass is 15.2. The Kier molecular flexibility index (Phi) is 4.84. The van der Waals surface area contributed by atoms with E-state index in [9.17, 15) is 0 Å². The van der Waals surface area contributed by atoms with Crippen molar-refractivity contribution < 1.29 is 0 Å². The molecule has 1 aliphatic carbocycles. The van der Waals surface area contributed by atoms with Crippen LogP contribution in [0.2, 0.25) is 0 Å². The fraction of sp³-hybridized carbons (Fsp3) is 0.107. The molecule has 0 bridgehead atoms. The maximum Gasteiger partial charge on any atom is 0.181 e. The highest BCUT2D eigenvalue weighted by Gasteiger charge is 2.15. The average Bonchev–Trinajstić information content (AvgIpc) is 3.62. The standard InChI is InChI=1S/C28H24N6/c1-3-17(2)31-21-11-19(14-29-16-21)20-12-24-27(33-34-28(24)30-15-20)26-13-23-22(18-7-4-5-8-18)9-6-10-25(23)32-26/h4,6-16,31-32H,2-3,5H2,1H3,(H,30,33,34). The van der Waals surface area contributed by atoms with Gasteiger partial charge in [-0.1, -0.05) is 43.9 Å². The lowest BCUT2D eigenvalue weighted by atomic mass is 10.0. The van der Waals surface area contributed by atoms with Gasteiger partial charge in [-0.15, -0.1) is 0 Å². The van der Waals surface area contributed by atoms with Gasteiger partial charge in [0.25, 0.3) is 0 Å². The molecule has 4 aromatic heterocycles. The van der Waals surface area contributed by atoms with Crippen molar-refractivity contribution in [3.8, 4) is 22.5 Å². The first-order valence-corrected chi connectivity index (χ1v) is 11.4. The molecular formula is C28H24N6. The van der Waals surface area contributed by atoms with Gasteiger partial charge < -0.3 is 10.3 Å². The SMILES string of the molecule is C=C(CC)Nc1cncc(-c2cnc3n[nH]c(-c4cc5c(C6=CCC=C6)cccc5[nH]4)c3c2)c1. The Balaban J connectivity index is 1.43. The lowest BCUT2D eigenvalue weighted by molar-refractivity contribution is 1.10. The Hall–Kier alpha value is -4.45. The van der Waals surface area contributed by atoms with Crippen LogP contribution in [0.1, 0.15) is 25.3 Å². The molecular weight excluding hydrogens is 420 g/mol. The third-order valence-corrected chi connectivity index (χ3v) is 6.24. The zero-order valence-electron chi connectivity index (χ0n) is 18.9. The van der Waals surface area contributed by atoms with Crippen LogP contribution in [0.3, 0.4) is 0 Å². The van der Waals surface area contributed by atoms with Crippen molar-refractivity contribution in [2.45, 2.75) is 19.8 Å². The predicted molar refractivity (Wildman–Crippen MR) is 139 cm³/mol. The lowest BCUT2D eigenvalue weighted by Crippen LogP contribution is -1.97. The van der Waals surface area contributed by atoms with Gasteiger partial charge in [-0.2, -0.15) is 5.10 Å². The monoisotopic (exact) mass is 444 g/mol. The molecule has 6 rings (SSSR count). The summed E-state index contributed by atoms with van der Waals surface area (Å²) in [6.45, 7) is 6.09. The van der Waals surface area contributed by atoms with Gasteiger partial charge in [0, 0.05) is 45.5 Å². The second-order valence-corrected chi connectivity index (χ2v) is 8.49. The van der Waals surface area contributed by atoms with Crippen LogP contribution in [0.25, 0.3) is 50.0 Å². The quantitative estimate of drug-likeness (QED) is 0.268. The van der Waals surface area contributed by atoms with E-state index in [4.69, 9.17) is 0 Å². The number of allylic oxidation sites excluding steroid dienone is 5. The Morgan fingerprint density at radius 1 is 1.09 bits per heavy atom. The minimum Gasteiger partial charge on any atom is -0.358 e. The molecule has 0 aliphatic heterocycles. The Morgan fingerprint density at radius 2 is 2.00 bits per heavy atom. The molecule has 5 aromatic rings. The van der Waals surface area contributed by atoms with Crippen LogP contribution in [0.5, 0.6) is 0 Å². The van der Waals surface area contributed by atoms with Crippen LogP contribution in [0.15, 0.2) is 85.5 Å². The van der Waals surface area contributed by atoms with Crippen molar-refractivity contribution >= 4 is 33.2 Å². The summed E-state index contributed by atoms with van der Waals surface area (Å²) in [7, 11) is 0. The molecule has 0 saturated carbocycles. The summed E-state index contributed by atoms with van der Waals surface area (Å²) in [5.41, 5.74) is 10.0. The van der Waals surface area contributed by atoms with Crippen LogP contribution < -0.4 is 5.32 Å². The van der Waals surface area contributed by atoms with Crippen LogP contribution in [-0.2, 0) is 0 Å². The first kappa shape index (κ1) is 20.2. The molecule has 6 nitrogen and oxygen atoms in total. The molecule has 4 heterocycles. The van der Waals surface area contributed by atoms with E-state index in [0.29, 0.717) is 5.65 Å². The van der Waals surface area contributed by atoms with Gasteiger partial charge in [-0.25, -0.2) is 4.98 Å². The summed E-state index contributed by atoms with van der Waals surface area (Å²) in [4.78, 5) is 12.6. The maximum absolute atomic E-state index is 4.60. The van der Waals surface area contributed by atoms with Gasteiger partial charge >= 0.3 is 0 Å². The van der Waals surface area contributed by atoms with Crippen LogP contribution in [-0.4, -0.2) is 25.1 Å². The number of rotatable bonds is 6. The van der Waals surface area contributed by atoms with E-state index in [2.05, 4.69) is 98.6 Å². The topological polar surface area (TPSA) is 82.3 Å². The number of nitrogens with one attached hydrogen (secondary N) is 3. The van der Waals surface area contributed by atoms with Crippen LogP contribution >= 0.6 is 0 Å². The Labute approximate surface area is 197 Å². The fourth-order valence-corrected chi connectivity index (χ4v) is 4.42. The second kappa shape index (κ2) is 8.15. The largest absolute Gasteiger partial charge is 0.358 e. The molecule has 0 spiro atoms. The number of H-pyrrole nitrogens is 2. The third-order valence-electron chi connectivity index (χ3n) is 6.24. The molecule has 34 heavy (non-hydrogen) atoms. The fourth-order valence-electron chi connectivity index (χ4n) is 4.42. The van der Waals surface area contributed by atoms with E-state index in [-0.39, 0.29) is 0 Å². The molecule has 1 aliphatic rings. The van der Waals surface area contributed by atoms with Gasteiger partial charge in [-0.05, 0) is 48.2 Å². The molecule has 0 unspecified atom stereocenters. The Morgan fingerprint density at radius 3 is 2.85 bits per heavy atom. The third kappa shape index (κ3) is 3.49. The first-order valence-electron chi connectivity index (χ1n) is 11.4. The summed E-state index contributed by atoms with van der Waals surface area (Å²) in [5.74, 6) is 0. The summed E-state index contributed by atoms with van der Waals surface area (Å²) in [5, 5.41) is 13.1. The molecule has 3 N–H and O–H groups in total. The molecule has 0 fully saturated rings. The number of fused-ring (bicyclic) bond motifs is 2. The van der Waals surface area contributed by atoms with Crippen molar-refractivity contribution in [2.75, 3.05) is 5.32 Å². The first-order chi connectivity index (χ1) is 16.7. The van der Waals surface area contributed by atoms with E-state index in [1.54, 1.807) is 6.20 Å². The van der Waals surface area contributed by atoms with Crippen LogP contribution in [0, 0.1) is 0 Å². The smallest absolute Gasteiger partial charge is 0.181 e. The van der Waals surface area contributed by atoms with E-state index in [1.165, 1.54) is 16.5 Å². The van der Waals surface area contributed by atoms with Gasteiger partial charge in [0.05, 0.1) is 23.3 Å². The van der Waals surface area contributed by atoms with Crippen molar-refractivity contribution in [2.24, 2.45) is 0 Å². The van der Waals surface area contributed by atoms with Crippen molar-refractivity contribution in [1.29, 1.82) is 0 Å². The maximum atomic E-state index is 4.60. The number of hydrogen-bond acceptors (Lipinski definition) is 4. The highest BCUT2D eigenvalue weighted by molar-refractivity contribution is 6.00. The van der Waals surface area contributed by atoms with Gasteiger partial charge in [0.1, 0.15) is 0 Å². The van der Waals surface area contributed by atoms with Crippen molar-refractivity contribution in [3.63, 3.8) is 0 Å². The van der Waals surface area contributed by atoms with Crippen molar-refractivity contribution in [1.82, 2.24) is 25.1 Å². The summed E-state index contributed by atoms with van der Waals surface area (Å²) < 4.78 is 0. The van der Waals surface area contributed by atoms with Gasteiger partial charge in [0.15, 0.2) is 5.65 Å². The van der Waals surface area contributed by atoms with E-state index < -0.39 is 0 Å². The zero-order chi connectivity index (χ0) is 23.1. The van der Waals surface area contributed by atoms with Crippen LogP contribution in [0.4, 0.5) is 5.69 Å².